The first-order chi connectivity index (χ1) is 11.6. The second-order valence-corrected chi connectivity index (χ2v) is 5.11. The molecule has 0 spiro atoms. The predicted octanol–water partition coefficient (Wildman–Crippen LogP) is 3.10. The Morgan fingerprint density at radius 2 is 2.04 bits per heavy atom. The maximum atomic E-state index is 14.0. The van der Waals surface area contributed by atoms with Crippen molar-refractivity contribution >= 4 is 5.91 Å². The Morgan fingerprint density at radius 1 is 1.36 bits per heavy atom. The molecule has 0 atom stereocenters. The highest BCUT2D eigenvalue weighted by Gasteiger charge is 2.37. The zero-order valence-corrected chi connectivity index (χ0v) is 12.8. The van der Waals surface area contributed by atoms with Crippen LogP contribution in [0.4, 0.5) is 26.3 Å². The van der Waals surface area contributed by atoms with E-state index in [1.165, 1.54) is 24.5 Å². The van der Waals surface area contributed by atoms with Gasteiger partial charge in [-0.2, -0.15) is 22.7 Å². The third-order valence-electron chi connectivity index (χ3n) is 3.18. The summed E-state index contributed by atoms with van der Waals surface area (Å²) < 4.78 is 78.6. The Morgan fingerprint density at radius 3 is 2.56 bits per heavy atom. The van der Waals surface area contributed by atoms with E-state index in [9.17, 15) is 31.1 Å². The highest BCUT2D eigenvalue weighted by Crippen LogP contribution is 2.27. The van der Waals surface area contributed by atoms with Crippen molar-refractivity contribution in [3.05, 3.63) is 47.3 Å². The Hall–Kier alpha value is -2.59. The van der Waals surface area contributed by atoms with Gasteiger partial charge >= 0.3 is 6.18 Å². The van der Waals surface area contributed by atoms with Crippen LogP contribution in [0.25, 0.3) is 0 Å². The van der Waals surface area contributed by atoms with Gasteiger partial charge in [-0.05, 0) is 11.6 Å². The average molecular weight is 366 g/mol. The number of carbonyl (C=O) groups is 1. The number of hydrogen-bond donors (Lipinski definition) is 0. The summed E-state index contributed by atoms with van der Waals surface area (Å²) in [5, 5.41) is 3.17. The van der Waals surface area contributed by atoms with Crippen molar-refractivity contribution in [1.82, 2.24) is 19.7 Å². The van der Waals surface area contributed by atoms with E-state index in [2.05, 4.69) is 10.1 Å². The molecule has 0 fully saturated rings. The zero-order chi connectivity index (χ0) is 18.8. The molecule has 2 aromatic rings. The van der Waals surface area contributed by atoms with Crippen molar-refractivity contribution < 1.29 is 31.1 Å². The molecule has 0 N–H and O–H groups in total. The van der Waals surface area contributed by atoms with Crippen LogP contribution in [0.1, 0.15) is 28.0 Å². The Bertz CT molecular complexity index is 744. The van der Waals surface area contributed by atoms with Crippen LogP contribution in [0.15, 0.2) is 24.5 Å². The third kappa shape index (κ3) is 4.48. The number of carbonyl (C=O) groups excluding carboxylic acids is 1. The number of aromatic nitrogens is 3. The van der Waals surface area contributed by atoms with Gasteiger partial charge < -0.3 is 4.90 Å². The van der Waals surface area contributed by atoms with Gasteiger partial charge in [0.25, 0.3) is 12.3 Å². The number of halogens is 6. The quantitative estimate of drug-likeness (QED) is 0.765. The molecule has 0 aliphatic heterocycles. The number of rotatable bonds is 5. The topological polar surface area (TPSA) is 51.0 Å². The zero-order valence-electron chi connectivity index (χ0n) is 12.8. The van der Waals surface area contributed by atoms with Crippen molar-refractivity contribution in [3.63, 3.8) is 0 Å². The van der Waals surface area contributed by atoms with E-state index in [0.29, 0.717) is 4.68 Å². The van der Waals surface area contributed by atoms with E-state index in [4.69, 9.17) is 0 Å². The highest BCUT2D eigenvalue weighted by atomic mass is 19.4. The van der Waals surface area contributed by atoms with E-state index in [-0.39, 0.29) is 10.5 Å². The molecule has 25 heavy (non-hydrogen) atoms. The molecule has 11 heteroatoms. The summed E-state index contributed by atoms with van der Waals surface area (Å²) in [6.45, 7) is -2.32. The van der Waals surface area contributed by atoms with Crippen molar-refractivity contribution in [2.75, 3.05) is 6.54 Å². The second-order valence-electron chi connectivity index (χ2n) is 5.11. The van der Waals surface area contributed by atoms with Crippen LogP contribution in [0.3, 0.4) is 0 Å². The van der Waals surface area contributed by atoms with E-state index in [1.54, 1.807) is 0 Å². The second kappa shape index (κ2) is 7.11. The lowest BCUT2D eigenvalue weighted by Gasteiger charge is -2.24. The normalized spacial score (nSPS) is 11.8. The molecular formula is C14H12F6N4O. The minimum absolute atomic E-state index is 0.225. The van der Waals surface area contributed by atoms with Gasteiger partial charge in [-0.25, -0.2) is 13.5 Å². The summed E-state index contributed by atoms with van der Waals surface area (Å²) in [7, 11) is 0.965. The SMILES string of the molecule is Cn1nc(C(F)F)c(C(=O)N(Cc2cccnc2)CC(F)(F)F)c1F. The molecular weight excluding hydrogens is 354 g/mol. The molecule has 0 aliphatic rings. The maximum Gasteiger partial charge on any atom is 0.406 e. The summed E-state index contributed by atoms with van der Waals surface area (Å²) in [5.74, 6) is -2.96. The van der Waals surface area contributed by atoms with Crippen LogP contribution in [-0.2, 0) is 13.6 Å². The van der Waals surface area contributed by atoms with Crippen LogP contribution >= 0.6 is 0 Å². The highest BCUT2D eigenvalue weighted by molar-refractivity contribution is 5.95. The largest absolute Gasteiger partial charge is 0.406 e. The van der Waals surface area contributed by atoms with Gasteiger partial charge in [0.15, 0.2) is 0 Å². The maximum absolute atomic E-state index is 14.0. The molecule has 136 valence electrons. The van der Waals surface area contributed by atoms with E-state index in [1.807, 2.05) is 0 Å². The number of alkyl halides is 5. The smallest absolute Gasteiger partial charge is 0.325 e. The van der Waals surface area contributed by atoms with Crippen molar-refractivity contribution in [2.45, 2.75) is 19.1 Å². The van der Waals surface area contributed by atoms with Crippen LogP contribution in [0.5, 0.6) is 0 Å². The first-order valence-corrected chi connectivity index (χ1v) is 6.85. The minimum Gasteiger partial charge on any atom is -0.325 e. The number of nitrogens with zero attached hydrogens (tertiary/aromatic N) is 4. The molecule has 2 heterocycles. The van der Waals surface area contributed by atoms with Crippen LogP contribution in [0.2, 0.25) is 0 Å². The summed E-state index contributed by atoms with van der Waals surface area (Å²) >= 11 is 0. The fourth-order valence-electron chi connectivity index (χ4n) is 2.16. The first-order valence-electron chi connectivity index (χ1n) is 6.85. The van der Waals surface area contributed by atoms with Gasteiger partial charge in [-0.15, -0.1) is 0 Å². The summed E-state index contributed by atoms with van der Waals surface area (Å²) in [6.07, 6.45) is -5.54. The Balaban J connectivity index is 2.42. The molecule has 0 saturated carbocycles. The number of amides is 1. The molecule has 5 nitrogen and oxygen atoms in total. The van der Waals surface area contributed by atoms with Gasteiger partial charge in [0.1, 0.15) is 17.8 Å². The van der Waals surface area contributed by atoms with Crippen molar-refractivity contribution in [2.24, 2.45) is 7.05 Å². The van der Waals surface area contributed by atoms with Crippen LogP contribution < -0.4 is 0 Å². The van der Waals surface area contributed by atoms with Gasteiger partial charge in [-0.3, -0.25) is 9.78 Å². The van der Waals surface area contributed by atoms with E-state index < -0.39 is 48.8 Å². The summed E-state index contributed by atoms with van der Waals surface area (Å²) in [4.78, 5) is 16.3. The van der Waals surface area contributed by atoms with Gasteiger partial charge in [-0.1, -0.05) is 6.07 Å². The van der Waals surface area contributed by atoms with Gasteiger partial charge in [0.05, 0.1) is 0 Å². The Labute approximate surface area is 137 Å². The summed E-state index contributed by atoms with van der Waals surface area (Å²) in [6, 6.07) is 2.83. The molecule has 0 bridgehead atoms. The lowest BCUT2D eigenvalue weighted by atomic mass is 10.2. The molecule has 0 radical (unpaired) electrons. The van der Waals surface area contributed by atoms with Gasteiger partial charge in [0.2, 0.25) is 5.95 Å². The Kier molecular flexibility index (Phi) is 5.33. The molecule has 2 aromatic heterocycles. The molecule has 1 amide bonds. The molecule has 0 saturated heterocycles. The lowest BCUT2D eigenvalue weighted by molar-refractivity contribution is -0.141. The monoisotopic (exact) mass is 366 g/mol. The van der Waals surface area contributed by atoms with E-state index in [0.717, 1.165) is 7.05 Å². The van der Waals surface area contributed by atoms with Crippen molar-refractivity contribution in [1.29, 1.82) is 0 Å². The standard InChI is InChI=1S/C14H12F6N4O/c1-23-12(17)9(10(22-23)11(15)16)13(25)24(7-14(18,19)20)6-8-3-2-4-21-5-8/h2-5,11H,6-7H2,1H3. The average Bonchev–Trinajstić information content (AvgIpc) is 2.81. The fourth-order valence-corrected chi connectivity index (χ4v) is 2.16. The van der Waals surface area contributed by atoms with Crippen molar-refractivity contribution in [3.8, 4) is 0 Å². The fraction of sp³-hybridized carbons (Fsp3) is 0.357. The van der Waals surface area contributed by atoms with Gasteiger partial charge in [0, 0.05) is 26.0 Å². The molecule has 2 rings (SSSR count). The van der Waals surface area contributed by atoms with Crippen LogP contribution in [-0.4, -0.2) is 38.3 Å². The molecule has 0 aliphatic carbocycles. The number of aryl methyl sites for hydroxylation is 1. The number of hydrogen-bond acceptors (Lipinski definition) is 3. The van der Waals surface area contributed by atoms with E-state index >= 15 is 0 Å². The molecule has 0 unspecified atom stereocenters. The number of pyridine rings is 1. The first kappa shape index (κ1) is 18.7. The minimum atomic E-state index is -4.80. The lowest BCUT2D eigenvalue weighted by Crippen LogP contribution is -2.39. The molecule has 0 aromatic carbocycles. The third-order valence-corrected chi connectivity index (χ3v) is 3.18. The predicted molar refractivity (Wildman–Crippen MR) is 73.2 cm³/mol. The van der Waals surface area contributed by atoms with Crippen LogP contribution in [0, 0.1) is 5.95 Å². The summed E-state index contributed by atoms with van der Waals surface area (Å²) in [5.41, 5.74) is -2.16.